The lowest BCUT2D eigenvalue weighted by molar-refractivity contribution is 0.104. The predicted molar refractivity (Wildman–Crippen MR) is 132 cm³/mol. The van der Waals surface area contributed by atoms with E-state index < -0.39 is 10.1 Å². The molecular formula is C26H22N2O5S. The zero-order valence-electron chi connectivity index (χ0n) is 19.1. The molecule has 3 aromatic carbocycles. The number of anilines is 2. The van der Waals surface area contributed by atoms with Crippen LogP contribution >= 0.6 is 0 Å². The molecule has 1 aromatic heterocycles. The van der Waals surface area contributed by atoms with Crippen LogP contribution in [0.4, 0.5) is 11.4 Å². The van der Waals surface area contributed by atoms with E-state index in [-0.39, 0.29) is 16.2 Å². The third-order valence-corrected chi connectivity index (χ3v) is 7.66. The molecule has 7 nitrogen and oxygen atoms in total. The molecule has 0 saturated carbocycles. The number of hydrogen-bond acceptors (Lipinski definition) is 5. The highest BCUT2D eigenvalue weighted by Gasteiger charge is 2.29. The Morgan fingerprint density at radius 1 is 0.882 bits per heavy atom. The van der Waals surface area contributed by atoms with E-state index in [1.165, 1.54) is 4.57 Å². The summed E-state index contributed by atoms with van der Waals surface area (Å²) in [6.45, 7) is 5.07. The van der Waals surface area contributed by atoms with Crippen LogP contribution in [0.2, 0.25) is 0 Å². The number of rotatable bonds is 3. The molecule has 1 aliphatic rings. The SMILES string of the molecule is Cc1cc(C)c(S(=O)(=O)O)c(C)c1Nc1ccc2c3c(cc(=O)n2C)-c2ccccc2C(=O)c13. The highest BCUT2D eigenvalue weighted by atomic mass is 32.2. The van der Waals surface area contributed by atoms with Crippen LogP contribution in [0.25, 0.3) is 22.0 Å². The Kier molecular flexibility index (Phi) is 4.79. The van der Waals surface area contributed by atoms with E-state index in [9.17, 15) is 22.6 Å². The van der Waals surface area contributed by atoms with Crippen molar-refractivity contribution in [3.05, 3.63) is 86.7 Å². The molecule has 0 aliphatic heterocycles. The molecule has 0 radical (unpaired) electrons. The van der Waals surface area contributed by atoms with Crippen LogP contribution in [0.1, 0.15) is 32.6 Å². The molecule has 4 aromatic rings. The van der Waals surface area contributed by atoms with E-state index in [0.717, 1.165) is 5.56 Å². The maximum atomic E-state index is 13.7. The second-order valence-corrected chi connectivity index (χ2v) is 10.0. The minimum Gasteiger partial charge on any atom is -0.354 e. The Labute approximate surface area is 196 Å². The lowest BCUT2D eigenvalue weighted by atomic mass is 9.83. The second kappa shape index (κ2) is 7.38. The summed E-state index contributed by atoms with van der Waals surface area (Å²) in [7, 11) is -2.79. The van der Waals surface area contributed by atoms with E-state index in [1.807, 2.05) is 19.1 Å². The molecule has 0 bridgehead atoms. The third-order valence-electron chi connectivity index (χ3n) is 6.52. The normalized spacial score (nSPS) is 12.7. The van der Waals surface area contributed by atoms with E-state index in [2.05, 4.69) is 5.32 Å². The van der Waals surface area contributed by atoms with Gasteiger partial charge in [-0.1, -0.05) is 30.3 Å². The average molecular weight is 475 g/mol. The first kappa shape index (κ1) is 22.1. The molecule has 0 atom stereocenters. The summed E-state index contributed by atoms with van der Waals surface area (Å²) in [6, 6.07) is 13.9. The van der Waals surface area contributed by atoms with Gasteiger partial charge in [-0.05, 0) is 60.7 Å². The van der Waals surface area contributed by atoms with Gasteiger partial charge in [0.1, 0.15) is 4.90 Å². The molecule has 5 rings (SSSR count). The average Bonchev–Trinajstić information content (AvgIpc) is 2.76. The van der Waals surface area contributed by atoms with Gasteiger partial charge < -0.3 is 9.88 Å². The number of benzene rings is 3. The fraction of sp³-hybridized carbons (Fsp3) is 0.154. The minimum absolute atomic E-state index is 0.158. The quantitative estimate of drug-likeness (QED) is 0.368. The third kappa shape index (κ3) is 3.10. The lowest BCUT2D eigenvalue weighted by Crippen LogP contribution is -2.21. The standard InChI is InChI=1S/C26H22N2O5S/c1-13-11-14(2)26(34(31,32)33)15(3)24(13)27-19-9-10-20-22-18(12-21(29)28(20)4)16-7-5-6-8-17(16)25(30)23(19)22/h5-12,27H,1-4H3,(H,31,32,33). The lowest BCUT2D eigenvalue weighted by Gasteiger charge is -2.25. The Balaban J connectivity index is 1.84. The Morgan fingerprint density at radius 2 is 1.56 bits per heavy atom. The number of hydrogen-bond donors (Lipinski definition) is 2. The second-order valence-electron chi connectivity index (χ2n) is 8.65. The first-order valence-corrected chi connectivity index (χ1v) is 12.1. The highest BCUT2D eigenvalue weighted by molar-refractivity contribution is 7.86. The summed E-state index contributed by atoms with van der Waals surface area (Å²) in [5.74, 6) is -0.188. The monoisotopic (exact) mass is 474 g/mol. The summed E-state index contributed by atoms with van der Waals surface area (Å²) in [5.41, 5.74) is 5.28. The number of pyridine rings is 1. The maximum Gasteiger partial charge on any atom is 0.295 e. The number of aromatic nitrogens is 1. The van der Waals surface area contributed by atoms with Crippen LogP contribution in [0, 0.1) is 20.8 Å². The molecular weight excluding hydrogens is 452 g/mol. The smallest absolute Gasteiger partial charge is 0.295 e. The molecule has 0 unspecified atom stereocenters. The number of carbonyl (C=O) groups excluding carboxylic acids is 1. The van der Waals surface area contributed by atoms with E-state index in [1.54, 1.807) is 57.3 Å². The number of aryl methyl sites for hydroxylation is 3. The van der Waals surface area contributed by atoms with Crippen LogP contribution in [-0.4, -0.2) is 23.3 Å². The van der Waals surface area contributed by atoms with Crippen LogP contribution in [0.5, 0.6) is 0 Å². The summed E-state index contributed by atoms with van der Waals surface area (Å²) >= 11 is 0. The number of carbonyl (C=O) groups is 1. The van der Waals surface area contributed by atoms with Crippen molar-refractivity contribution >= 4 is 38.2 Å². The van der Waals surface area contributed by atoms with Gasteiger partial charge in [0.05, 0.1) is 16.8 Å². The highest BCUT2D eigenvalue weighted by Crippen LogP contribution is 2.43. The van der Waals surface area contributed by atoms with Gasteiger partial charge in [-0.3, -0.25) is 14.1 Å². The van der Waals surface area contributed by atoms with Gasteiger partial charge in [0.15, 0.2) is 5.78 Å². The molecule has 1 heterocycles. The first-order chi connectivity index (χ1) is 16.0. The molecule has 0 fully saturated rings. The van der Waals surface area contributed by atoms with Crippen molar-refractivity contribution in [2.75, 3.05) is 5.32 Å². The van der Waals surface area contributed by atoms with Crippen molar-refractivity contribution in [3.63, 3.8) is 0 Å². The number of ketones is 1. The van der Waals surface area contributed by atoms with Gasteiger partial charge >= 0.3 is 0 Å². The predicted octanol–water partition coefficient (Wildman–Crippen LogP) is 4.67. The zero-order chi connectivity index (χ0) is 24.5. The molecule has 34 heavy (non-hydrogen) atoms. The van der Waals surface area contributed by atoms with E-state index in [0.29, 0.717) is 55.7 Å². The summed E-state index contributed by atoms with van der Waals surface area (Å²) in [4.78, 5) is 26.2. The number of nitrogens with zero attached hydrogens (tertiary/aromatic N) is 1. The van der Waals surface area contributed by atoms with Crippen molar-refractivity contribution in [2.24, 2.45) is 7.05 Å². The topological polar surface area (TPSA) is 105 Å². The summed E-state index contributed by atoms with van der Waals surface area (Å²) in [5, 5.41) is 3.92. The largest absolute Gasteiger partial charge is 0.354 e. The van der Waals surface area contributed by atoms with Gasteiger partial charge in [-0.15, -0.1) is 0 Å². The molecule has 8 heteroatoms. The molecule has 1 aliphatic carbocycles. The molecule has 0 amide bonds. The molecule has 0 spiro atoms. The zero-order valence-corrected chi connectivity index (χ0v) is 19.9. The fourth-order valence-electron chi connectivity index (χ4n) is 5.05. The van der Waals surface area contributed by atoms with Crippen molar-refractivity contribution in [1.82, 2.24) is 4.57 Å². The Morgan fingerprint density at radius 3 is 2.24 bits per heavy atom. The molecule has 2 N–H and O–H groups in total. The Hall–Kier alpha value is -3.75. The fourth-order valence-corrected chi connectivity index (χ4v) is 6.00. The van der Waals surface area contributed by atoms with Crippen LogP contribution < -0.4 is 10.9 Å². The Bertz CT molecular complexity index is 1730. The molecule has 172 valence electrons. The van der Waals surface area contributed by atoms with Crippen molar-refractivity contribution in [2.45, 2.75) is 25.7 Å². The van der Waals surface area contributed by atoms with Crippen LogP contribution in [0.15, 0.2) is 58.2 Å². The van der Waals surface area contributed by atoms with Crippen molar-refractivity contribution < 1.29 is 17.8 Å². The van der Waals surface area contributed by atoms with Gasteiger partial charge in [0.25, 0.3) is 15.7 Å². The molecule has 0 saturated heterocycles. The summed E-state index contributed by atoms with van der Waals surface area (Å²) < 4.78 is 35.4. The van der Waals surface area contributed by atoms with Crippen molar-refractivity contribution in [1.29, 1.82) is 0 Å². The van der Waals surface area contributed by atoms with Crippen LogP contribution in [-0.2, 0) is 17.2 Å². The number of nitrogens with one attached hydrogen (secondary N) is 1. The van der Waals surface area contributed by atoms with Crippen LogP contribution in [0.3, 0.4) is 0 Å². The van der Waals surface area contributed by atoms with Gasteiger partial charge in [-0.25, -0.2) is 0 Å². The summed E-state index contributed by atoms with van der Waals surface area (Å²) in [6.07, 6.45) is 0. The van der Waals surface area contributed by atoms with Gasteiger partial charge in [0, 0.05) is 29.8 Å². The van der Waals surface area contributed by atoms with E-state index in [4.69, 9.17) is 0 Å². The maximum absolute atomic E-state index is 13.7. The minimum atomic E-state index is -4.45. The van der Waals surface area contributed by atoms with Gasteiger partial charge in [0.2, 0.25) is 0 Å². The first-order valence-electron chi connectivity index (χ1n) is 10.7. The number of fused-ring (bicyclic) bond motifs is 2. The van der Waals surface area contributed by atoms with Gasteiger partial charge in [-0.2, -0.15) is 8.42 Å². The van der Waals surface area contributed by atoms with Crippen molar-refractivity contribution in [3.8, 4) is 11.1 Å². The van der Waals surface area contributed by atoms with E-state index >= 15 is 0 Å².